The molecule has 0 rings (SSSR count). The molecule has 0 fully saturated rings. The number of hydrogen-bond acceptors (Lipinski definition) is 2. The average molecular weight is 201 g/mol. The highest BCUT2D eigenvalue weighted by molar-refractivity contribution is 7.98. The molecule has 0 aromatic rings. The van der Waals surface area contributed by atoms with Gasteiger partial charge in [-0.3, -0.25) is 0 Å². The number of nitrogens with two attached hydrogens (primary N) is 1. The summed E-state index contributed by atoms with van der Waals surface area (Å²) in [4.78, 5) is 0. The molecule has 0 saturated carbocycles. The van der Waals surface area contributed by atoms with E-state index in [0.29, 0.717) is 6.42 Å². The minimum atomic E-state index is -4.06. The van der Waals surface area contributed by atoms with Crippen LogP contribution in [0.5, 0.6) is 0 Å². The van der Waals surface area contributed by atoms with Crippen LogP contribution in [0.2, 0.25) is 0 Å². The first-order chi connectivity index (χ1) is 5.45. The lowest BCUT2D eigenvalue weighted by Gasteiger charge is -2.11. The van der Waals surface area contributed by atoms with Crippen molar-refractivity contribution in [3.8, 4) is 0 Å². The molecule has 12 heavy (non-hydrogen) atoms. The summed E-state index contributed by atoms with van der Waals surface area (Å²) < 4.78 is 35.0. The molecule has 2 N–H and O–H groups in total. The Hall–Kier alpha value is 0.100. The van der Waals surface area contributed by atoms with E-state index in [1.165, 1.54) is 0 Å². The van der Waals surface area contributed by atoms with E-state index in [1.807, 2.05) is 6.26 Å². The van der Waals surface area contributed by atoms with Gasteiger partial charge in [0.05, 0.1) is 0 Å². The molecule has 0 aliphatic heterocycles. The summed E-state index contributed by atoms with van der Waals surface area (Å²) >= 11 is 1.60. The van der Waals surface area contributed by atoms with Gasteiger partial charge in [-0.15, -0.1) is 0 Å². The second-order valence-corrected chi connectivity index (χ2v) is 3.68. The molecule has 0 aliphatic rings. The predicted octanol–water partition coefficient (Wildman–Crippen LogP) is 2.41. The molecule has 1 atom stereocenters. The van der Waals surface area contributed by atoms with Crippen molar-refractivity contribution in [1.82, 2.24) is 0 Å². The fourth-order valence-electron chi connectivity index (χ4n) is 0.763. The van der Waals surface area contributed by atoms with Gasteiger partial charge < -0.3 is 5.73 Å². The minimum Gasteiger partial charge on any atom is -0.328 e. The Kier molecular flexibility index (Phi) is 5.74. The number of halogens is 3. The number of rotatable bonds is 5. The molecule has 0 saturated heterocycles. The largest absolute Gasteiger partial charge is 0.389 e. The second-order valence-electron chi connectivity index (χ2n) is 2.70. The SMILES string of the molecule is CSCCC(N)CCC(F)(F)F. The summed E-state index contributed by atoms with van der Waals surface area (Å²) in [6.07, 6.45) is -2.20. The smallest absolute Gasteiger partial charge is 0.328 e. The molecule has 0 amide bonds. The maximum atomic E-state index is 11.7. The third kappa shape index (κ3) is 8.20. The van der Waals surface area contributed by atoms with E-state index < -0.39 is 12.6 Å². The quantitative estimate of drug-likeness (QED) is 0.739. The van der Waals surface area contributed by atoms with Crippen LogP contribution < -0.4 is 5.73 Å². The van der Waals surface area contributed by atoms with Crippen molar-refractivity contribution in [2.45, 2.75) is 31.5 Å². The van der Waals surface area contributed by atoms with Crippen LogP contribution in [0.4, 0.5) is 13.2 Å². The van der Waals surface area contributed by atoms with Crippen LogP contribution in [0.15, 0.2) is 0 Å². The maximum absolute atomic E-state index is 11.7. The molecule has 5 heteroatoms. The Morgan fingerprint density at radius 3 is 2.33 bits per heavy atom. The first-order valence-electron chi connectivity index (χ1n) is 3.77. The van der Waals surface area contributed by atoms with Crippen LogP contribution in [0, 0.1) is 0 Å². The van der Waals surface area contributed by atoms with Crippen molar-refractivity contribution in [2.75, 3.05) is 12.0 Å². The lowest BCUT2D eigenvalue weighted by atomic mass is 10.1. The van der Waals surface area contributed by atoms with Gasteiger partial charge in [-0.2, -0.15) is 24.9 Å². The van der Waals surface area contributed by atoms with E-state index in [-0.39, 0.29) is 12.5 Å². The van der Waals surface area contributed by atoms with Crippen LogP contribution in [0.25, 0.3) is 0 Å². The van der Waals surface area contributed by atoms with Gasteiger partial charge in [-0.1, -0.05) is 0 Å². The number of thioether (sulfide) groups is 1. The van der Waals surface area contributed by atoms with Crippen molar-refractivity contribution in [1.29, 1.82) is 0 Å². The Bertz CT molecular complexity index is 116. The van der Waals surface area contributed by atoms with E-state index in [2.05, 4.69) is 0 Å². The molecular formula is C7H14F3NS. The molecule has 0 spiro atoms. The van der Waals surface area contributed by atoms with E-state index in [9.17, 15) is 13.2 Å². The molecule has 1 unspecified atom stereocenters. The Labute approximate surface area is 74.9 Å². The van der Waals surface area contributed by atoms with Crippen LogP contribution >= 0.6 is 11.8 Å². The average Bonchev–Trinajstić information content (AvgIpc) is 1.95. The lowest BCUT2D eigenvalue weighted by Crippen LogP contribution is -2.23. The summed E-state index contributed by atoms with van der Waals surface area (Å²) in [6, 6.07) is -0.306. The third-order valence-corrected chi connectivity index (χ3v) is 2.14. The second kappa shape index (κ2) is 5.70. The van der Waals surface area contributed by atoms with Crippen LogP contribution in [0.1, 0.15) is 19.3 Å². The molecule has 0 aromatic carbocycles. The normalized spacial score (nSPS) is 14.8. The van der Waals surface area contributed by atoms with Gasteiger partial charge in [0.2, 0.25) is 0 Å². The van der Waals surface area contributed by atoms with Gasteiger partial charge in [0, 0.05) is 12.5 Å². The van der Waals surface area contributed by atoms with Crippen molar-refractivity contribution in [2.24, 2.45) is 5.73 Å². The molecule has 0 aromatic heterocycles. The zero-order chi connectivity index (χ0) is 9.61. The first kappa shape index (κ1) is 12.1. The van der Waals surface area contributed by atoms with E-state index in [1.54, 1.807) is 11.8 Å². The highest BCUT2D eigenvalue weighted by Crippen LogP contribution is 2.22. The van der Waals surface area contributed by atoms with Gasteiger partial charge >= 0.3 is 6.18 Å². The number of alkyl halides is 3. The van der Waals surface area contributed by atoms with Crippen LogP contribution in [-0.4, -0.2) is 24.2 Å². The van der Waals surface area contributed by atoms with E-state index >= 15 is 0 Å². The molecule has 0 radical (unpaired) electrons. The molecular weight excluding hydrogens is 187 g/mol. The highest BCUT2D eigenvalue weighted by Gasteiger charge is 2.27. The van der Waals surface area contributed by atoms with E-state index in [4.69, 9.17) is 5.73 Å². The molecule has 0 aliphatic carbocycles. The standard InChI is InChI=1S/C7H14F3NS/c1-12-5-3-6(11)2-4-7(8,9)10/h6H,2-5,11H2,1H3. The topological polar surface area (TPSA) is 26.0 Å². The first-order valence-corrected chi connectivity index (χ1v) is 5.16. The monoisotopic (exact) mass is 201 g/mol. The minimum absolute atomic E-state index is 0.0457. The fourth-order valence-corrected chi connectivity index (χ4v) is 1.30. The molecule has 0 bridgehead atoms. The highest BCUT2D eigenvalue weighted by atomic mass is 32.2. The summed E-state index contributed by atoms with van der Waals surface area (Å²) in [5, 5.41) is 0. The Morgan fingerprint density at radius 1 is 1.33 bits per heavy atom. The summed E-state index contributed by atoms with van der Waals surface area (Å²) in [7, 11) is 0. The summed E-state index contributed by atoms with van der Waals surface area (Å²) in [5.74, 6) is 0.832. The van der Waals surface area contributed by atoms with Crippen molar-refractivity contribution in [3.63, 3.8) is 0 Å². The van der Waals surface area contributed by atoms with Gasteiger partial charge in [-0.25, -0.2) is 0 Å². The molecule has 0 heterocycles. The fraction of sp³-hybridized carbons (Fsp3) is 1.00. The van der Waals surface area contributed by atoms with Crippen LogP contribution in [-0.2, 0) is 0 Å². The lowest BCUT2D eigenvalue weighted by molar-refractivity contribution is -0.136. The molecule has 1 nitrogen and oxygen atoms in total. The Morgan fingerprint density at radius 2 is 1.92 bits per heavy atom. The zero-order valence-corrected chi connectivity index (χ0v) is 7.84. The summed E-state index contributed by atoms with van der Waals surface area (Å²) in [5.41, 5.74) is 5.45. The third-order valence-electron chi connectivity index (χ3n) is 1.49. The van der Waals surface area contributed by atoms with Crippen molar-refractivity contribution in [3.05, 3.63) is 0 Å². The van der Waals surface area contributed by atoms with Crippen molar-refractivity contribution < 1.29 is 13.2 Å². The summed E-state index contributed by atoms with van der Waals surface area (Å²) in [6.45, 7) is 0. The van der Waals surface area contributed by atoms with Gasteiger partial charge in [0.1, 0.15) is 0 Å². The van der Waals surface area contributed by atoms with Gasteiger partial charge in [0.25, 0.3) is 0 Å². The Balaban J connectivity index is 3.37. The van der Waals surface area contributed by atoms with Gasteiger partial charge in [-0.05, 0) is 24.9 Å². The van der Waals surface area contributed by atoms with Crippen LogP contribution in [0.3, 0.4) is 0 Å². The van der Waals surface area contributed by atoms with Crippen molar-refractivity contribution >= 4 is 11.8 Å². The van der Waals surface area contributed by atoms with Gasteiger partial charge in [0.15, 0.2) is 0 Å². The molecule has 74 valence electrons. The van der Waals surface area contributed by atoms with E-state index in [0.717, 1.165) is 5.75 Å². The predicted molar refractivity (Wildman–Crippen MR) is 46.3 cm³/mol. The zero-order valence-electron chi connectivity index (χ0n) is 7.03. The number of hydrogen-bond donors (Lipinski definition) is 1. The maximum Gasteiger partial charge on any atom is 0.389 e.